The Morgan fingerprint density at radius 1 is 0.284 bits per heavy atom. The van der Waals surface area contributed by atoms with Crippen LogP contribution in [0.2, 0.25) is 0 Å². The second-order valence-electron chi connectivity index (χ2n) is 19.5. The predicted octanol–water partition coefficient (Wildman–Crippen LogP) is 20.6. The van der Waals surface area contributed by atoms with Gasteiger partial charge in [-0.05, 0) is 122 Å². The maximum atomic E-state index is 12.8. The van der Waals surface area contributed by atoms with Gasteiger partial charge in [0.25, 0.3) is 0 Å². The number of unbranched alkanes of at least 4 members (excludes halogenated alkanes) is 20. The maximum Gasteiger partial charge on any atom is 0.306 e. The summed E-state index contributed by atoms with van der Waals surface area (Å²) in [6, 6.07) is 0. The van der Waals surface area contributed by atoms with Gasteiger partial charge in [0, 0.05) is 19.3 Å². The first kappa shape index (κ1) is 69.5. The predicted molar refractivity (Wildman–Crippen MR) is 320 cm³/mol. The highest BCUT2D eigenvalue weighted by atomic mass is 16.6. The summed E-state index contributed by atoms with van der Waals surface area (Å²) in [6.07, 6.45) is 86.1. The minimum atomic E-state index is -0.815. The summed E-state index contributed by atoms with van der Waals surface area (Å²) in [6.45, 7) is 6.29. The highest BCUT2D eigenvalue weighted by Crippen LogP contribution is 2.15. The molecule has 0 bridgehead atoms. The number of carbonyl (C=O) groups excluding carboxylic acids is 3. The topological polar surface area (TPSA) is 78.9 Å². The molecule has 0 aromatic carbocycles. The van der Waals surface area contributed by atoms with Gasteiger partial charge in [-0.2, -0.15) is 0 Å². The Bertz CT molecular complexity index is 1600. The first-order valence-corrected chi connectivity index (χ1v) is 30.2. The molecule has 0 heterocycles. The molecule has 0 rings (SSSR count). The molecule has 0 spiro atoms. The van der Waals surface area contributed by atoms with Gasteiger partial charge in [-0.3, -0.25) is 14.4 Å². The summed E-state index contributed by atoms with van der Waals surface area (Å²) in [5.41, 5.74) is 0. The fourth-order valence-electron chi connectivity index (χ4n) is 7.92. The van der Waals surface area contributed by atoms with Crippen molar-refractivity contribution in [2.75, 3.05) is 13.2 Å². The summed E-state index contributed by atoms with van der Waals surface area (Å²) in [7, 11) is 0. The Balaban J connectivity index is 4.28. The van der Waals surface area contributed by atoms with Gasteiger partial charge in [-0.15, -0.1) is 0 Å². The van der Waals surface area contributed by atoms with E-state index in [1.807, 2.05) is 0 Å². The van der Waals surface area contributed by atoms with E-state index in [9.17, 15) is 14.4 Å². The summed E-state index contributed by atoms with van der Waals surface area (Å²) in [5.74, 6) is -0.980. The average molecular weight is 1020 g/mol. The Morgan fingerprint density at radius 2 is 0.541 bits per heavy atom. The number of hydrogen-bond acceptors (Lipinski definition) is 6. The van der Waals surface area contributed by atoms with Crippen molar-refractivity contribution in [1.82, 2.24) is 0 Å². The summed E-state index contributed by atoms with van der Waals surface area (Å²) in [4.78, 5) is 38.1. The van der Waals surface area contributed by atoms with Crippen molar-refractivity contribution in [3.63, 3.8) is 0 Å². The second-order valence-corrected chi connectivity index (χ2v) is 19.5. The third-order valence-corrected chi connectivity index (χ3v) is 12.4. The molecule has 0 aromatic rings. The first-order valence-electron chi connectivity index (χ1n) is 30.2. The van der Waals surface area contributed by atoms with E-state index in [0.717, 1.165) is 128 Å². The van der Waals surface area contributed by atoms with Crippen LogP contribution in [0.5, 0.6) is 0 Å². The molecule has 74 heavy (non-hydrogen) atoms. The zero-order valence-corrected chi connectivity index (χ0v) is 47.8. The SMILES string of the molecule is CC/C=C\C/C=C\C/C=C\C/C=C\C/C=C\CCCCCCCCCCCCCCCC(=O)OCC(COC(=O)CCCCCCC/C=C\CCC)OC(=O)CCC/C=C\C/C=C\C/C=C\C/C=C\C/C=C\CC. The first-order chi connectivity index (χ1) is 36.5. The van der Waals surface area contributed by atoms with Gasteiger partial charge >= 0.3 is 17.9 Å². The molecule has 0 radical (unpaired) electrons. The third-order valence-electron chi connectivity index (χ3n) is 12.4. The lowest BCUT2D eigenvalue weighted by atomic mass is 10.0. The highest BCUT2D eigenvalue weighted by molar-refractivity contribution is 5.71. The molecule has 6 heteroatoms. The van der Waals surface area contributed by atoms with E-state index in [1.54, 1.807) is 0 Å². The standard InChI is InChI=1S/C68H110O6/c1-4-7-10-13-16-19-22-24-26-28-29-30-31-32-33-34-35-36-37-38-39-41-42-44-46-49-52-55-58-61-67(70)73-64-65(63-72-66(69)60-57-54-51-48-21-18-15-12-9-6-3)74-68(71)62-59-56-53-50-47-45-43-40-27-25-23-20-17-14-11-8-5-2/h7-8,10-12,15-17,19-20,24-27,29-30,32-33,43,45,50,53,65H,4-6,9,13-14,18,21-23,28,31,34-42,44,46-49,51-52,54-64H2,1-3H3/b10-7-,11-8-,15-12-,19-16-,20-17-,26-24-,27-25-,30-29-,33-32-,45-43-,53-50-. The highest BCUT2D eigenvalue weighted by Gasteiger charge is 2.19. The number of carbonyl (C=O) groups is 3. The lowest BCUT2D eigenvalue weighted by molar-refractivity contribution is -0.167. The van der Waals surface area contributed by atoms with E-state index in [-0.39, 0.29) is 37.5 Å². The van der Waals surface area contributed by atoms with Crippen LogP contribution >= 0.6 is 0 Å². The zero-order valence-electron chi connectivity index (χ0n) is 47.8. The molecule has 0 aliphatic carbocycles. The van der Waals surface area contributed by atoms with Crippen molar-refractivity contribution in [3.05, 3.63) is 134 Å². The van der Waals surface area contributed by atoms with Crippen LogP contribution in [0, 0.1) is 0 Å². The maximum absolute atomic E-state index is 12.8. The van der Waals surface area contributed by atoms with E-state index in [0.29, 0.717) is 19.3 Å². The van der Waals surface area contributed by atoms with Crippen molar-refractivity contribution >= 4 is 17.9 Å². The van der Waals surface area contributed by atoms with E-state index in [2.05, 4.69) is 154 Å². The van der Waals surface area contributed by atoms with Gasteiger partial charge in [-0.1, -0.05) is 251 Å². The molecule has 0 aliphatic rings. The van der Waals surface area contributed by atoms with Gasteiger partial charge in [0.05, 0.1) is 0 Å². The number of rotatable bonds is 53. The van der Waals surface area contributed by atoms with Crippen molar-refractivity contribution in [3.8, 4) is 0 Å². The number of esters is 3. The van der Waals surface area contributed by atoms with E-state index >= 15 is 0 Å². The fraction of sp³-hybridized carbons (Fsp3) is 0.632. The lowest BCUT2D eigenvalue weighted by Gasteiger charge is -2.18. The molecular weight excluding hydrogens is 913 g/mol. The minimum Gasteiger partial charge on any atom is -0.462 e. The van der Waals surface area contributed by atoms with Crippen molar-refractivity contribution in [1.29, 1.82) is 0 Å². The van der Waals surface area contributed by atoms with Crippen LogP contribution in [0.25, 0.3) is 0 Å². The Kier molecular flexibility index (Phi) is 57.4. The quantitative estimate of drug-likeness (QED) is 0.0261. The molecule has 0 aliphatic heterocycles. The Labute approximate surface area is 455 Å². The average Bonchev–Trinajstić information content (AvgIpc) is 3.40. The largest absolute Gasteiger partial charge is 0.462 e. The van der Waals surface area contributed by atoms with Crippen molar-refractivity contribution < 1.29 is 28.6 Å². The van der Waals surface area contributed by atoms with Crippen molar-refractivity contribution in [2.45, 2.75) is 264 Å². The molecule has 0 amide bonds. The van der Waals surface area contributed by atoms with Crippen LogP contribution in [0.3, 0.4) is 0 Å². The summed E-state index contributed by atoms with van der Waals surface area (Å²) < 4.78 is 16.8. The smallest absolute Gasteiger partial charge is 0.306 e. The van der Waals surface area contributed by atoms with E-state index < -0.39 is 6.10 Å². The van der Waals surface area contributed by atoms with E-state index in [1.165, 1.54) is 83.5 Å². The zero-order chi connectivity index (χ0) is 53.6. The van der Waals surface area contributed by atoms with Crippen LogP contribution in [0.15, 0.2) is 134 Å². The molecule has 418 valence electrons. The minimum absolute atomic E-state index is 0.107. The van der Waals surface area contributed by atoms with Gasteiger partial charge in [0.15, 0.2) is 6.10 Å². The molecule has 0 N–H and O–H groups in total. The normalized spacial score (nSPS) is 13.1. The lowest BCUT2D eigenvalue weighted by Crippen LogP contribution is -2.30. The molecule has 0 saturated heterocycles. The number of hydrogen-bond donors (Lipinski definition) is 0. The monoisotopic (exact) mass is 1020 g/mol. The molecule has 0 aromatic heterocycles. The molecule has 1 unspecified atom stereocenters. The van der Waals surface area contributed by atoms with Crippen LogP contribution in [0.4, 0.5) is 0 Å². The Morgan fingerprint density at radius 3 is 0.878 bits per heavy atom. The molecule has 0 fully saturated rings. The summed E-state index contributed by atoms with van der Waals surface area (Å²) in [5, 5.41) is 0. The fourth-order valence-corrected chi connectivity index (χ4v) is 7.92. The van der Waals surface area contributed by atoms with Gasteiger partial charge < -0.3 is 14.2 Å². The number of ether oxygens (including phenoxy) is 3. The second kappa shape index (κ2) is 61.1. The summed E-state index contributed by atoms with van der Waals surface area (Å²) >= 11 is 0. The van der Waals surface area contributed by atoms with Gasteiger partial charge in [0.1, 0.15) is 13.2 Å². The molecular formula is C68H110O6. The van der Waals surface area contributed by atoms with Crippen LogP contribution in [0.1, 0.15) is 258 Å². The van der Waals surface area contributed by atoms with E-state index in [4.69, 9.17) is 14.2 Å². The Hall–Kier alpha value is -4.45. The third kappa shape index (κ3) is 58.4. The van der Waals surface area contributed by atoms with Gasteiger partial charge in [-0.25, -0.2) is 0 Å². The molecule has 1 atom stereocenters. The molecule has 0 saturated carbocycles. The molecule has 6 nitrogen and oxygen atoms in total. The van der Waals surface area contributed by atoms with Crippen LogP contribution < -0.4 is 0 Å². The van der Waals surface area contributed by atoms with Crippen LogP contribution in [-0.2, 0) is 28.6 Å². The number of allylic oxidation sites excluding steroid dienone is 22. The van der Waals surface area contributed by atoms with Crippen molar-refractivity contribution in [2.24, 2.45) is 0 Å². The van der Waals surface area contributed by atoms with Gasteiger partial charge in [0.2, 0.25) is 0 Å². The van der Waals surface area contributed by atoms with Crippen LogP contribution in [-0.4, -0.2) is 37.2 Å².